The molecule has 2 rings (SSSR count). The van der Waals surface area contributed by atoms with Crippen molar-refractivity contribution in [3.63, 3.8) is 0 Å². The third-order valence-electron chi connectivity index (χ3n) is 2.36. The average molecular weight is 237 g/mol. The Labute approximate surface area is 97.6 Å². The normalized spacial score (nSPS) is 10.4. The number of hydrogen-bond donors (Lipinski definition) is 2. The van der Waals surface area contributed by atoms with Gasteiger partial charge >= 0.3 is 0 Å². The third kappa shape index (κ3) is 1.82. The quantitative estimate of drug-likeness (QED) is 0.747. The Hall–Kier alpha value is -1.74. The molecule has 0 saturated heterocycles. The Bertz CT molecular complexity index is 541. The summed E-state index contributed by atoms with van der Waals surface area (Å²) in [6, 6.07) is 9.45. The van der Waals surface area contributed by atoms with Gasteiger partial charge in [-0.3, -0.25) is 0 Å². The Balaban J connectivity index is 2.63. The Morgan fingerprint density at radius 1 is 1.00 bits per heavy atom. The molecule has 0 unspecified atom stereocenters. The average Bonchev–Trinajstić information content (AvgIpc) is 2.23. The van der Waals surface area contributed by atoms with Crippen LogP contribution in [0.5, 0.6) is 0 Å². The smallest absolute Gasteiger partial charge is 0.124 e. The van der Waals surface area contributed by atoms with Crippen molar-refractivity contribution >= 4 is 23.0 Å². The van der Waals surface area contributed by atoms with Gasteiger partial charge in [0, 0.05) is 11.1 Å². The number of hydrogen-bond acceptors (Lipinski definition) is 2. The molecular formula is C12H10ClFN2. The van der Waals surface area contributed by atoms with E-state index in [1.54, 1.807) is 24.3 Å². The zero-order valence-electron chi connectivity index (χ0n) is 8.37. The van der Waals surface area contributed by atoms with Crippen LogP contribution in [0, 0.1) is 5.82 Å². The molecule has 0 aliphatic rings. The van der Waals surface area contributed by atoms with Crippen molar-refractivity contribution in [1.29, 1.82) is 0 Å². The van der Waals surface area contributed by atoms with Crippen molar-refractivity contribution < 1.29 is 4.39 Å². The maximum Gasteiger partial charge on any atom is 0.124 e. The molecule has 0 fully saturated rings. The van der Waals surface area contributed by atoms with Gasteiger partial charge in [0.25, 0.3) is 0 Å². The SMILES string of the molecule is Nc1cccc(-c2ccc(F)cc2Cl)c1N. The van der Waals surface area contributed by atoms with E-state index in [1.807, 2.05) is 0 Å². The summed E-state index contributed by atoms with van der Waals surface area (Å²) in [6.07, 6.45) is 0. The van der Waals surface area contributed by atoms with Gasteiger partial charge in [0.1, 0.15) is 5.82 Å². The molecule has 0 radical (unpaired) electrons. The number of para-hydroxylation sites is 1. The number of nitrogens with two attached hydrogens (primary N) is 2. The van der Waals surface area contributed by atoms with Crippen LogP contribution in [0.3, 0.4) is 0 Å². The molecule has 4 N–H and O–H groups in total. The maximum absolute atomic E-state index is 12.9. The summed E-state index contributed by atoms with van der Waals surface area (Å²) in [5.74, 6) is -0.378. The van der Waals surface area contributed by atoms with Gasteiger partial charge in [0.15, 0.2) is 0 Å². The topological polar surface area (TPSA) is 52.0 Å². The zero-order chi connectivity index (χ0) is 11.7. The van der Waals surface area contributed by atoms with Crippen molar-refractivity contribution in [3.8, 4) is 11.1 Å². The van der Waals surface area contributed by atoms with E-state index >= 15 is 0 Å². The largest absolute Gasteiger partial charge is 0.397 e. The zero-order valence-corrected chi connectivity index (χ0v) is 9.13. The molecule has 2 aromatic carbocycles. The Kier molecular flexibility index (Phi) is 2.71. The molecule has 0 aliphatic carbocycles. The lowest BCUT2D eigenvalue weighted by molar-refractivity contribution is 0.628. The lowest BCUT2D eigenvalue weighted by Gasteiger charge is -2.09. The van der Waals surface area contributed by atoms with Gasteiger partial charge in [0.2, 0.25) is 0 Å². The van der Waals surface area contributed by atoms with E-state index in [-0.39, 0.29) is 5.82 Å². The summed E-state index contributed by atoms with van der Waals surface area (Å²) in [6.45, 7) is 0. The summed E-state index contributed by atoms with van der Waals surface area (Å²) in [7, 11) is 0. The van der Waals surface area contributed by atoms with E-state index in [0.29, 0.717) is 27.5 Å². The van der Waals surface area contributed by atoms with Gasteiger partial charge in [-0.25, -0.2) is 4.39 Å². The summed E-state index contributed by atoms with van der Waals surface area (Å²) in [4.78, 5) is 0. The summed E-state index contributed by atoms with van der Waals surface area (Å²) in [5.41, 5.74) is 13.9. The first kappa shape index (κ1) is 10.8. The molecule has 82 valence electrons. The lowest BCUT2D eigenvalue weighted by atomic mass is 10.0. The molecule has 0 aromatic heterocycles. The standard InChI is InChI=1S/C12H10ClFN2/c13-10-6-7(14)4-5-8(10)9-2-1-3-11(15)12(9)16/h1-6H,15-16H2. The summed E-state index contributed by atoms with van der Waals surface area (Å²) < 4.78 is 12.9. The molecule has 0 spiro atoms. The van der Waals surface area contributed by atoms with E-state index in [4.69, 9.17) is 23.1 Å². The van der Waals surface area contributed by atoms with Gasteiger partial charge in [-0.05, 0) is 24.3 Å². The number of nitrogen functional groups attached to an aromatic ring is 2. The van der Waals surface area contributed by atoms with Crippen LogP contribution in [-0.4, -0.2) is 0 Å². The van der Waals surface area contributed by atoms with Crippen LogP contribution < -0.4 is 11.5 Å². The van der Waals surface area contributed by atoms with Gasteiger partial charge in [0.05, 0.1) is 16.4 Å². The molecule has 2 nitrogen and oxygen atoms in total. The van der Waals surface area contributed by atoms with Gasteiger partial charge < -0.3 is 11.5 Å². The number of rotatable bonds is 1. The second-order valence-electron chi connectivity index (χ2n) is 3.43. The third-order valence-corrected chi connectivity index (χ3v) is 2.67. The molecule has 2 aromatic rings. The van der Waals surface area contributed by atoms with E-state index in [0.717, 1.165) is 0 Å². The monoisotopic (exact) mass is 236 g/mol. The first-order valence-electron chi connectivity index (χ1n) is 4.69. The Morgan fingerprint density at radius 3 is 2.44 bits per heavy atom. The first-order valence-corrected chi connectivity index (χ1v) is 5.07. The van der Waals surface area contributed by atoms with E-state index in [1.165, 1.54) is 12.1 Å². The fourth-order valence-electron chi connectivity index (χ4n) is 1.53. The van der Waals surface area contributed by atoms with E-state index in [9.17, 15) is 4.39 Å². The van der Waals surface area contributed by atoms with Crippen molar-refractivity contribution in [1.82, 2.24) is 0 Å². The summed E-state index contributed by atoms with van der Waals surface area (Å²) >= 11 is 5.95. The lowest BCUT2D eigenvalue weighted by Crippen LogP contribution is -1.97. The fourth-order valence-corrected chi connectivity index (χ4v) is 1.79. The first-order chi connectivity index (χ1) is 7.59. The van der Waals surface area contributed by atoms with Crippen LogP contribution in [0.1, 0.15) is 0 Å². The number of benzene rings is 2. The molecule has 0 heterocycles. The number of anilines is 2. The second kappa shape index (κ2) is 4.02. The van der Waals surface area contributed by atoms with Crippen LogP contribution in [0.25, 0.3) is 11.1 Å². The molecule has 0 atom stereocenters. The van der Waals surface area contributed by atoms with Crippen LogP contribution >= 0.6 is 11.6 Å². The van der Waals surface area contributed by atoms with E-state index in [2.05, 4.69) is 0 Å². The molecule has 0 bridgehead atoms. The highest BCUT2D eigenvalue weighted by Gasteiger charge is 2.09. The minimum absolute atomic E-state index is 0.317. The predicted octanol–water partition coefficient (Wildman–Crippen LogP) is 3.31. The molecule has 0 amide bonds. The Morgan fingerprint density at radius 2 is 1.75 bits per heavy atom. The molecule has 4 heteroatoms. The highest BCUT2D eigenvalue weighted by atomic mass is 35.5. The van der Waals surface area contributed by atoms with Crippen molar-refractivity contribution in [2.45, 2.75) is 0 Å². The molecule has 16 heavy (non-hydrogen) atoms. The van der Waals surface area contributed by atoms with Gasteiger partial charge in [-0.1, -0.05) is 23.7 Å². The van der Waals surface area contributed by atoms with Crippen LogP contribution in [0.2, 0.25) is 5.02 Å². The molecular weight excluding hydrogens is 227 g/mol. The van der Waals surface area contributed by atoms with Gasteiger partial charge in [-0.15, -0.1) is 0 Å². The van der Waals surface area contributed by atoms with Crippen molar-refractivity contribution in [2.24, 2.45) is 0 Å². The minimum Gasteiger partial charge on any atom is -0.397 e. The molecule has 0 saturated carbocycles. The van der Waals surface area contributed by atoms with Crippen LogP contribution in [-0.2, 0) is 0 Å². The minimum atomic E-state index is -0.378. The predicted molar refractivity (Wildman–Crippen MR) is 65.7 cm³/mol. The molecule has 0 aliphatic heterocycles. The van der Waals surface area contributed by atoms with Gasteiger partial charge in [-0.2, -0.15) is 0 Å². The number of halogens is 2. The second-order valence-corrected chi connectivity index (χ2v) is 3.84. The highest BCUT2D eigenvalue weighted by molar-refractivity contribution is 6.33. The van der Waals surface area contributed by atoms with Crippen molar-refractivity contribution in [2.75, 3.05) is 11.5 Å². The van der Waals surface area contributed by atoms with Crippen LogP contribution in [0.4, 0.5) is 15.8 Å². The maximum atomic E-state index is 12.9. The van der Waals surface area contributed by atoms with E-state index < -0.39 is 0 Å². The summed E-state index contributed by atoms with van der Waals surface area (Å²) in [5, 5.41) is 0.317. The fraction of sp³-hybridized carbons (Fsp3) is 0. The van der Waals surface area contributed by atoms with Crippen LogP contribution in [0.15, 0.2) is 36.4 Å². The van der Waals surface area contributed by atoms with Crippen molar-refractivity contribution in [3.05, 3.63) is 47.2 Å². The highest BCUT2D eigenvalue weighted by Crippen LogP contribution is 2.34.